The Kier molecular flexibility index (Phi) is 60.8. The maximum absolute atomic E-state index is 12.9. The molecule has 0 aromatic heterocycles. The minimum Gasteiger partial charge on any atom is -0.462 e. The fourth-order valence-corrected chi connectivity index (χ4v) is 9.03. The fourth-order valence-electron chi connectivity index (χ4n) is 9.03. The van der Waals surface area contributed by atoms with Crippen LogP contribution in [0.5, 0.6) is 0 Å². The molecule has 0 aromatic carbocycles. The molecule has 0 saturated carbocycles. The molecule has 0 saturated heterocycles. The molecule has 0 aliphatic rings. The number of hydrogen-bond acceptors (Lipinski definition) is 6. The van der Waals surface area contributed by atoms with E-state index in [9.17, 15) is 14.4 Å². The minimum atomic E-state index is -0.793. The molecule has 0 aliphatic heterocycles. The summed E-state index contributed by atoms with van der Waals surface area (Å²) < 4.78 is 16.9. The molecule has 76 heavy (non-hydrogen) atoms. The predicted molar refractivity (Wildman–Crippen MR) is 330 cm³/mol. The van der Waals surface area contributed by atoms with Gasteiger partial charge in [0.15, 0.2) is 6.10 Å². The van der Waals surface area contributed by atoms with E-state index in [1.165, 1.54) is 148 Å². The zero-order chi connectivity index (χ0) is 55.0. The highest BCUT2D eigenvalue weighted by atomic mass is 16.6. The van der Waals surface area contributed by atoms with Gasteiger partial charge in [-0.25, -0.2) is 0 Å². The van der Waals surface area contributed by atoms with Gasteiger partial charge in [0, 0.05) is 19.3 Å². The number of hydrogen-bond donors (Lipinski definition) is 0. The SMILES string of the molecule is CC/C=C\C/C=C\C/C=C\C/C=C\CCCCCCCCCCCCCCCCCCCCC(=O)OCC(COC(=O)CCCCC/C=C\C/C=C\C/C=C\CC)OC(=O)CCCCCCC/C=C\CCCCCCC. The van der Waals surface area contributed by atoms with Crippen molar-refractivity contribution in [2.45, 2.75) is 316 Å². The van der Waals surface area contributed by atoms with Crippen molar-refractivity contribution in [1.29, 1.82) is 0 Å². The number of carbonyl (C=O) groups excluding carboxylic acids is 3. The first-order valence-electron chi connectivity index (χ1n) is 32.2. The second kappa shape index (κ2) is 63.9. The van der Waals surface area contributed by atoms with Gasteiger partial charge in [0.1, 0.15) is 13.2 Å². The maximum Gasteiger partial charge on any atom is 0.306 e. The van der Waals surface area contributed by atoms with Crippen LogP contribution in [0.2, 0.25) is 0 Å². The van der Waals surface area contributed by atoms with Gasteiger partial charge in [-0.1, -0.05) is 272 Å². The lowest BCUT2D eigenvalue weighted by molar-refractivity contribution is -0.167. The smallest absolute Gasteiger partial charge is 0.306 e. The van der Waals surface area contributed by atoms with E-state index in [2.05, 4.69) is 118 Å². The van der Waals surface area contributed by atoms with Gasteiger partial charge in [0.2, 0.25) is 0 Å². The summed E-state index contributed by atoms with van der Waals surface area (Å²) in [6.07, 6.45) is 85.8. The Balaban J connectivity index is 4.17. The van der Waals surface area contributed by atoms with Crippen LogP contribution in [-0.2, 0) is 28.6 Å². The summed E-state index contributed by atoms with van der Waals surface area (Å²) in [5.41, 5.74) is 0. The zero-order valence-corrected chi connectivity index (χ0v) is 50.0. The first-order valence-corrected chi connectivity index (χ1v) is 32.2. The molecule has 0 spiro atoms. The van der Waals surface area contributed by atoms with E-state index in [4.69, 9.17) is 14.2 Å². The Morgan fingerprint density at radius 2 is 0.513 bits per heavy atom. The molecule has 436 valence electrons. The molecular formula is C70H120O6. The lowest BCUT2D eigenvalue weighted by Gasteiger charge is -2.18. The second-order valence-electron chi connectivity index (χ2n) is 21.3. The van der Waals surface area contributed by atoms with Crippen molar-refractivity contribution in [3.63, 3.8) is 0 Å². The van der Waals surface area contributed by atoms with E-state index in [0.29, 0.717) is 19.3 Å². The van der Waals surface area contributed by atoms with Gasteiger partial charge in [-0.15, -0.1) is 0 Å². The highest BCUT2D eigenvalue weighted by molar-refractivity contribution is 5.71. The fraction of sp³-hybridized carbons (Fsp3) is 0.729. The van der Waals surface area contributed by atoms with Crippen molar-refractivity contribution in [2.24, 2.45) is 0 Å². The van der Waals surface area contributed by atoms with Crippen molar-refractivity contribution >= 4 is 17.9 Å². The number of allylic oxidation sites excluding steroid dienone is 16. The van der Waals surface area contributed by atoms with Gasteiger partial charge in [0.25, 0.3) is 0 Å². The van der Waals surface area contributed by atoms with E-state index in [1.807, 2.05) is 0 Å². The number of esters is 3. The molecule has 0 heterocycles. The van der Waals surface area contributed by atoms with Gasteiger partial charge in [-0.05, 0) is 116 Å². The molecule has 1 unspecified atom stereocenters. The molecule has 6 nitrogen and oxygen atoms in total. The largest absolute Gasteiger partial charge is 0.462 e. The van der Waals surface area contributed by atoms with Gasteiger partial charge < -0.3 is 14.2 Å². The van der Waals surface area contributed by atoms with Crippen LogP contribution in [0, 0.1) is 0 Å². The van der Waals surface area contributed by atoms with E-state index in [0.717, 1.165) is 122 Å². The molecule has 0 aromatic rings. The molecule has 0 rings (SSSR count). The molecule has 1 atom stereocenters. The molecule has 0 bridgehead atoms. The first kappa shape index (κ1) is 72.3. The number of unbranched alkanes of at least 4 members (excludes halogenated alkanes) is 31. The minimum absolute atomic E-state index is 0.0876. The van der Waals surface area contributed by atoms with E-state index < -0.39 is 6.10 Å². The van der Waals surface area contributed by atoms with Crippen molar-refractivity contribution in [3.8, 4) is 0 Å². The normalized spacial score (nSPS) is 12.7. The molecule has 0 radical (unpaired) electrons. The summed E-state index contributed by atoms with van der Waals surface area (Å²) in [4.78, 5) is 38.2. The second-order valence-corrected chi connectivity index (χ2v) is 21.3. The number of carbonyl (C=O) groups is 3. The standard InChI is InChI=1S/C70H120O6/c1-4-7-10-13-16-19-22-25-27-28-29-30-31-32-33-34-35-36-37-38-39-40-41-42-43-46-48-51-54-57-60-63-69(72)75-66-67(65-74-68(71)62-59-56-53-50-47-44-24-21-18-15-12-9-6-3)76-70(73)64-61-58-55-52-49-45-26-23-20-17-14-11-8-5-2/h7,9-10,12,16,18-19,21,23,25-27,29-30,44,47,67H,4-6,8,11,13-15,17,20,22,24,28,31-43,45-46,48-66H2,1-3H3/b10-7-,12-9-,19-16-,21-18-,26-23-,27-25-,30-29-,47-44-. The van der Waals surface area contributed by atoms with Crippen molar-refractivity contribution < 1.29 is 28.6 Å². The third-order valence-electron chi connectivity index (χ3n) is 13.8. The van der Waals surface area contributed by atoms with E-state index in [-0.39, 0.29) is 31.1 Å². The average molecular weight is 1060 g/mol. The molecule has 0 N–H and O–H groups in total. The Labute approximate surface area is 470 Å². The average Bonchev–Trinajstić information content (AvgIpc) is 3.42. The Hall–Kier alpha value is -3.67. The zero-order valence-electron chi connectivity index (χ0n) is 50.0. The quantitative estimate of drug-likeness (QED) is 0.0261. The van der Waals surface area contributed by atoms with Gasteiger partial charge >= 0.3 is 17.9 Å². The van der Waals surface area contributed by atoms with Crippen LogP contribution in [0.25, 0.3) is 0 Å². The van der Waals surface area contributed by atoms with E-state index >= 15 is 0 Å². The van der Waals surface area contributed by atoms with Gasteiger partial charge in [0.05, 0.1) is 0 Å². The van der Waals surface area contributed by atoms with Crippen LogP contribution in [0.4, 0.5) is 0 Å². The Bertz CT molecular complexity index is 1490. The summed E-state index contributed by atoms with van der Waals surface area (Å²) in [6.45, 7) is 6.39. The highest BCUT2D eigenvalue weighted by Crippen LogP contribution is 2.17. The first-order chi connectivity index (χ1) is 37.5. The van der Waals surface area contributed by atoms with Gasteiger partial charge in [-0.3, -0.25) is 14.4 Å². The highest BCUT2D eigenvalue weighted by Gasteiger charge is 2.19. The monoisotopic (exact) mass is 1060 g/mol. The Morgan fingerprint density at radius 1 is 0.276 bits per heavy atom. The number of ether oxygens (including phenoxy) is 3. The Morgan fingerprint density at radius 3 is 0.829 bits per heavy atom. The van der Waals surface area contributed by atoms with Crippen LogP contribution in [0.1, 0.15) is 310 Å². The summed E-state index contributed by atoms with van der Waals surface area (Å²) >= 11 is 0. The lowest BCUT2D eigenvalue weighted by Crippen LogP contribution is -2.30. The topological polar surface area (TPSA) is 78.9 Å². The maximum atomic E-state index is 12.9. The van der Waals surface area contributed by atoms with E-state index in [1.54, 1.807) is 0 Å². The summed E-state index contributed by atoms with van der Waals surface area (Å²) in [5, 5.41) is 0. The molecule has 6 heteroatoms. The van der Waals surface area contributed by atoms with Crippen LogP contribution < -0.4 is 0 Å². The van der Waals surface area contributed by atoms with Crippen LogP contribution in [0.15, 0.2) is 97.2 Å². The van der Waals surface area contributed by atoms with Crippen molar-refractivity contribution in [3.05, 3.63) is 97.2 Å². The predicted octanol–water partition coefficient (Wildman–Crippen LogP) is 22.0. The summed E-state index contributed by atoms with van der Waals surface area (Å²) in [5.74, 6) is -0.917. The summed E-state index contributed by atoms with van der Waals surface area (Å²) in [7, 11) is 0. The molecule has 0 amide bonds. The lowest BCUT2D eigenvalue weighted by atomic mass is 10.0. The van der Waals surface area contributed by atoms with Crippen LogP contribution in [-0.4, -0.2) is 37.2 Å². The van der Waals surface area contributed by atoms with Crippen molar-refractivity contribution in [2.75, 3.05) is 13.2 Å². The van der Waals surface area contributed by atoms with Crippen LogP contribution in [0.3, 0.4) is 0 Å². The third-order valence-corrected chi connectivity index (χ3v) is 13.8. The molecule has 0 aliphatic carbocycles. The molecule has 0 fully saturated rings. The van der Waals surface area contributed by atoms with Gasteiger partial charge in [-0.2, -0.15) is 0 Å². The third kappa shape index (κ3) is 61.2. The molecular weight excluding hydrogens is 937 g/mol. The van der Waals surface area contributed by atoms with Crippen molar-refractivity contribution in [1.82, 2.24) is 0 Å². The number of rotatable bonds is 58. The van der Waals surface area contributed by atoms with Crippen LogP contribution >= 0.6 is 0 Å². The summed E-state index contributed by atoms with van der Waals surface area (Å²) in [6, 6.07) is 0.